The highest BCUT2D eigenvalue weighted by Crippen LogP contribution is 2.29. The quantitative estimate of drug-likeness (QED) is 0.141. The molecule has 2 heterocycles. The van der Waals surface area contributed by atoms with E-state index in [2.05, 4.69) is 15.1 Å². The number of furan rings is 1. The van der Waals surface area contributed by atoms with Crippen LogP contribution in [0.15, 0.2) is 73.6 Å². The third-order valence-corrected chi connectivity index (χ3v) is 7.24. The number of hydrogen-bond acceptors (Lipinski definition) is 12. The lowest BCUT2D eigenvalue weighted by Gasteiger charge is -2.20. The maximum atomic E-state index is 12.9. The second-order valence-electron chi connectivity index (χ2n) is 8.97. The molecule has 14 heteroatoms. The second kappa shape index (κ2) is 12.2. The molecule has 0 aliphatic rings. The average Bonchev–Trinajstić information content (AvgIpc) is 3.53. The van der Waals surface area contributed by atoms with Crippen molar-refractivity contribution in [2.75, 3.05) is 19.8 Å². The molecule has 1 atom stereocenters. The van der Waals surface area contributed by atoms with Crippen LogP contribution in [0.3, 0.4) is 0 Å². The summed E-state index contributed by atoms with van der Waals surface area (Å²) in [4.78, 5) is 23.8. The van der Waals surface area contributed by atoms with E-state index in [1.165, 1.54) is 31.2 Å². The van der Waals surface area contributed by atoms with Gasteiger partial charge in [0.25, 0.3) is 9.84 Å². The first-order chi connectivity index (χ1) is 19.1. The Hall–Kier alpha value is -4.43. The van der Waals surface area contributed by atoms with Crippen molar-refractivity contribution in [1.82, 2.24) is 10.5 Å². The van der Waals surface area contributed by atoms with Crippen LogP contribution in [-0.2, 0) is 19.4 Å². The number of nitrogens with zero attached hydrogens (tertiary/aromatic N) is 2. The summed E-state index contributed by atoms with van der Waals surface area (Å²) >= 11 is 0. The van der Waals surface area contributed by atoms with Gasteiger partial charge in [-0.15, -0.1) is 0 Å². The molecule has 0 aliphatic carbocycles. The zero-order valence-corrected chi connectivity index (χ0v) is 22.7. The molecule has 0 bridgehead atoms. The number of Topliss-reactive ketones (excluding diaryl/α,β-unsaturated/α-hetero) is 1. The van der Waals surface area contributed by atoms with E-state index in [0.29, 0.717) is 16.7 Å². The monoisotopic (exact) mass is 573 g/mol. The minimum Gasteiger partial charge on any atom is -0.486 e. The Balaban J connectivity index is 1.44. The third-order valence-electron chi connectivity index (χ3n) is 5.51. The number of sulfone groups is 1. The van der Waals surface area contributed by atoms with Crippen LogP contribution in [0.25, 0.3) is 11.0 Å². The molecule has 0 amide bonds. The molecular weight excluding hydrogens is 546 g/mol. The van der Waals surface area contributed by atoms with Gasteiger partial charge >= 0.3 is 16.9 Å². The standard InChI is InChI=1S/C26H27N3O10S/c1-16(2)27-13-19(14-35-21-11-7-8-18-12-22(17(3)30)38-24(18)21)37-23(31)15-36-25-26(29(32)39-28-25)40(33,34)20-9-5-4-6-10-20/h4-12,16,19,27H,13-15H2,1-3H3. The first-order valence-corrected chi connectivity index (χ1v) is 13.7. The number of aromatic nitrogens is 2. The molecule has 1 unspecified atom stereocenters. The van der Waals surface area contributed by atoms with E-state index >= 15 is 0 Å². The summed E-state index contributed by atoms with van der Waals surface area (Å²) in [5, 5.41) is 18.3. The van der Waals surface area contributed by atoms with Crippen molar-refractivity contribution in [2.45, 2.75) is 42.8 Å². The Morgan fingerprint density at radius 3 is 2.55 bits per heavy atom. The number of hydrogen-bond donors (Lipinski definition) is 1. The summed E-state index contributed by atoms with van der Waals surface area (Å²) in [7, 11) is -4.35. The van der Waals surface area contributed by atoms with Crippen LogP contribution < -0.4 is 19.7 Å². The summed E-state index contributed by atoms with van der Waals surface area (Å²) < 4.78 is 52.4. The molecular formula is C26H27N3O10S. The van der Waals surface area contributed by atoms with E-state index in [9.17, 15) is 23.2 Å². The normalized spacial score (nSPS) is 12.4. The van der Waals surface area contributed by atoms with Crippen LogP contribution >= 0.6 is 0 Å². The fourth-order valence-corrected chi connectivity index (χ4v) is 4.89. The van der Waals surface area contributed by atoms with Crippen molar-refractivity contribution < 1.29 is 46.2 Å². The molecule has 212 valence electrons. The molecule has 0 saturated heterocycles. The average molecular weight is 574 g/mol. The van der Waals surface area contributed by atoms with E-state index in [4.69, 9.17) is 18.6 Å². The van der Waals surface area contributed by atoms with Gasteiger partial charge < -0.3 is 29.2 Å². The van der Waals surface area contributed by atoms with E-state index in [-0.39, 0.29) is 40.5 Å². The summed E-state index contributed by atoms with van der Waals surface area (Å²) in [5.74, 6) is -1.25. The van der Waals surface area contributed by atoms with Gasteiger partial charge in [-0.1, -0.05) is 44.2 Å². The first kappa shape index (κ1) is 28.6. The SMILES string of the molecule is CC(=O)c1cc2cccc(OCC(CNC(C)C)OC(=O)COc3no[n+]([O-])c3S(=O)(=O)c3ccccc3)c2o1. The van der Waals surface area contributed by atoms with Gasteiger partial charge in [0.15, 0.2) is 29.5 Å². The predicted octanol–water partition coefficient (Wildman–Crippen LogP) is 2.46. The molecule has 40 heavy (non-hydrogen) atoms. The smallest absolute Gasteiger partial charge is 0.415 e. The molecule has 2 aromatic carbocycles. The minimum absolute atomic E-state index is 0.0671. The maximum absolute atomic E-state index is 12.9. The Morgan fingerprint density at radius 2 is 1.85 bits per heavy atom. The lowest BCUT2D eigenvalue weighted by atomic mass is 10.2. The topological polar surface area (TPSA) is 174 Å². The van der Waals surface area contributed by atoms with Crippen LogP contribution in [-0.4, -0.2) is 57.2 Å². The van der Waals surface area contributed by atoms with Crippen molar-refractivity contribution in [3.8, 4) is 11.6 Å². The number of ether oxygens (including phenoxy) is 3. The fraction of sp³-hybridized carbons (Fsp3) is 0.308. The van der Waals surface area contributed by atoms with Crippen LogP contribution in [0.1, 0.15) is 31.3 Å². The molecule has 0 radical (unpaired) electrons. The van der Waals surface area contributed by atoms with E-state index in [0.717, 1.165) is 0 Å². The predicted molar refractivity (Wildman–Crippen MR) is 138 cm³/mol. The molecule has 1 N–H and O–H groups in total. The Bertz CT molecular complexity index is 1600. The van der Waals surface area contributed by atoms with Crippen LogP contribution in [0.5, 0.6) is 11.6 Å². The van der Waals surface area contributed by atoms with Gasteiger partial charge in [-0.2, -0.15) is 0 Å². The van der Waals surface area contributed by atoms with Crippen molar-refractivity contribution >= 4 is 32.6 Å². The lowest BCUT2D eigenvalue weighted by molar-refractivity contribution is -0.832. The minimum atomic E-state index is -4.35. The molecule has 13 nitrogen and oxygen atoms in total. The van der Waals surface area contributed by atoms with E-state index in [1.54, 1.807) is 30.3 Å². The van der Waals surface area contributed by atoms with E-state index < -0.39 is 39.4 Å². The number of carbonyl (C=O) groups excluding carboxylic acids is 2. The van der Waals surface area contributed by atoms with Gasteiger partial charge in [-0.25, -0.2) is 13.2 Å². The first-order valence-electron chi connectivity index (χ1n) is 12.2. The van der Waals surface area contributed by atoms with Gasteiger partial charge in [0, 0.05) is 24.9 Å². The zero-order valence-electron chi connectivity index (χ0n) is 21.9. The Labute approximate surface area is 229 Å². The summed E-state index contributed by atoms with van der Waals surface area (Å²) in [6.45, 7) is 4.58. The highest BCUT2D eigenvalue weighted by molar-refractivity contribution is 7.91. The van der Waals surface area contributed by atoms with Crippen molar-refractivity contribution in [1.29, 1.82) is 0 Å². The van der Waals surface area contributed by atoms with Crippen molar-refractivity contribution in [3.63, 3.8) is 0 Å². The largest absolute Gasteiger partial charge is 0.486 e. The zero-order chi connectivity index (χ0) is 28.9. The van der Waals surface area contributed by atoms with E-state index in [1.807, 2.05) is 13.8 Å². The van der Waals surface area contributed by atoms with Crippen LogP contribution in [0.2, 0.25) is 0 Å². The highest BCUT2D eigenvalue weighted by atomic mass is 32.2. The number of benzene rings is 2. The highest BCUT2D eigenvalue weighted by Gasteiger charge is 2.36. The van der Waals surface area contributed by atoms with Gasteiger partial charge in [0.1, 0.15) is 12.7 Å². The number of fused-ring (bicyclic) bond motifs is 1. The van der Waals surface area contributed by atoms with Gasteiger partial charge in [0.2, 0.25) is 0 Å². The maximum Gasteiger partial charge on any atom is 0.415 e. The molecule has 0 saturated carbocycles. The fourth-order valence-electron chi connectivity index (χ4n) is 3.60. The molecule has 2 aromatic heterocycles. The molecule has 0 fully saturated rings. The molecule has 0 aliphatic heterocycles. The number of rotatable bonds is 13. The lowest BCUT2D eigenvalue weighted by Crippen LogP contribution is -2.39. The number of esters is 1. The van der Waals surface area contributed by atoms with Gasteiger partial charge in [-0.3, -0.25) is 9.42 Å². The number of ketones is 1. The summed E-state index contributed by atoms with van der Waals surface area (Å²) in [6, 6.07) is 14.0. The van der Waals surface area contributed by atoms with Crippen LogP contribution in [0, 0.1) is 5.21 Å². The molecule has 4 aromatic rings. The third kappa shape index (κ3) is 6.58. The second-order valence-corrected chi connectivity index (χ2v) is 10.8. The molecule has 0 spiro atoms. The Morgan fingerprint density at radius 1 is 1.10 bits per heavy atom. The van der Waals surface area contributed by atoms with Gasteiger partial charge in [0.05, 0.1) is 10.1 Å². The van der Waals surface area contributed by atoms with Crippen molar-refractivity contribution in [3.05, 3.63) is 65.6 Å². The summed E-state index contributed by atoms with van der Waals surface area (Å²) in [6.07, 6.45) is -0.801. The number of para-hydroxylation sites is 1. The number of carbonyl (C=O) groups is 2. The van der Waals surface area contributed by atoms with Gasteiger partial charge in [-0.05, 0) is 29.2 Å². The molecule has 4 rings (SSSR count). The number of nitrogens with one attached hydrogen (secondary N) is 1. The summed E-state index contributed by atoms with van der Waals surface area (Å²) in [5.41, 5.74) is 0.377. The van der Waals surface area contributed by atoms with Crippen LogP contribution in [0.4, 0.5) is 0 Å². The Kier molecular flexibility index (Phi) is 8.70. The van der Waals surface area contributed by atoms with Crippen molar-refractivity contribution in [2.24, 2.45) is 0 Å².